The molecule has 2 atom stereocenters. The fourth-order valence-electron chi connectivity index (χ4n) is 9.03. The van der Waals surface area contributed by atoms with Gasteiger partial charge < -0.3 is 19.5 Å². The molecule has 0 heterocycles. The largest absolute Gasteiger partial charge is 0.461 e. The first-order valence-electron chi connectivity index (χ1n) is 25.4. The van der Waals surface area contributed by atoms with Gasteiger partial charge in [0, 0.05) is 31.0 Å². The second-order valence-corrected chi connectivity index (χ2v) is 20.6. The van der Waals surface area contributed by atoms with E-state index in [9.17, 15) is 14.7 Å². The van der Waals surface area contributed by atoms with Gasteiger partial charge in [-0.25, -0.2) is 0 Å². The van der Waals surface area contributed by atoms with Gasteiger partial charge in [0.05, 0.1) is 0 Å². The number of thioether (sulfide) groups is 2. The average Bonchev–Trinajstić information content (AvgIpc) is 3.24. The van der Waals surface area contributed by atoms with Gasteiger partial charge in [0.1, 0.15) is 12.2 Å². The zero-order valence-electron chi connectivity index (χ0n) is 38.4. The second-order valence-electron chi connectivity index (χ2n) is 18.3. The highest BCUT2D eigenvalue weighted by atomic mass is 32.2. The third-order valence-corrected chi connectivity index (χ3v) is 15.2. The van der Waals surface area contributed by atoms with Crippen molar-refractivity contribution in [1.29, 1.82) is 0 Å². The normalized spacial score (nSPS) is 16.5. The lowest BCUT2D eigenvalue weighted by molar-refractivity contribution is -0.149. The zero-order chi connectivity index (χ0) is 41.6. The molecular weight excluding hydrogens is 759 g/mol. The molecule has 0 spiro atoms. The number of hydrogen-bond donors (Lipinski definition) is 1. The van der Waals surface area contributed by atoms with E-state index in [1.165, 1.54) is 180 Å². The molecule has 2 rings (SSSR count). The van der Waals surface area contributed by atoms with Crippen molar-refractivity contribution in [2.24, 2.45) is 11.8 Å². The van der Waals surface area contributed by atoms with Crippen LogP contribution in [0.15, 0.2) is 0 Å². The van der Waals surface area contributed by atoms with Crippen LogP contribution in [-0.4, -0.2) is 83.4 Å². The van der Waals surface area contributed by atoms with Crippen molar-refractivity contribution in [3.8, 4) is 0 Å². The maximum atomic E-state index is 12.7. The Morgan fingerprint density at radius 1 is 0.534 bits per heavy atom. The van der Waals surface area contributed by atoms with E-state index in [1.54, 1.807) is 0 Å². The zero-order valence-corrected chi connectivity index (χ0v) is 40.0. The Morgan fingerprint density at radius 2 is 0.931 bits per heavy atom. The molecule has 2 unspecified atom stereocenters. The summed E-state index contributed by atoms with van der Waals surface area (Å²) in [6.07, 6.45) is 40.7. The van der Waals surface area contributed by atoms with E-state index in [0.717, 1.165) is 79.9 Å². The number of aliphatic hydroxyl groups excluding tert-OH is 1. The van der Waals surface area contributed by atoms with Crippen molar-refractivity contribution >= 4 is 35.5 Å². The third-order valence-electron chi connectivity index (χ3n) is 12.8. The van der Waals surface area contributed by atoms with E-state index in [4.69, 9.17) is 9.47 Å². The number of ether oxygens (including phenoxy) is 2. The summed E-state index contributed by atoms with van der Waals surface area (Å²) in [4.78, 5) is 28.1. The van der Waals surface area contributed by atoms with Crippen molar-refractivity contribution in [1.82, 2.24) is 4.90 Å². The van der Waals surface area contributed by atoms with E-state index in [-0.39, 0.29) is 24.1 Å². The molecule has 2 aliphatic rings. The maximum Gasteiger partial charge on any atom is 0.306 e. The highest BCUT2D eigenvalue weighted by molar-refractivity contribution is 7.99. The summed E-state index contributed by atoms with van der Waals surface area (Å²) < 4.78 is 12.1. The van der Waals surface area contributed by atoms with E-state index in [1.807, 2.05) is 23.5 Å². The Morgan fingerprint density at radius 3 is 1.34 bits per heavy atom. The third kappa shape index (κ3) is 31.4. The lowest BCUT2D eigenvalue weighted by Gasteiger charge is -2.22. The van der Waals surface area contributed by atoms with Crippen molar-refractivity contribution in [3.05, 3.63) is 0 Å². The summed E-state index contributed by atoms with van der Waals surface area (Å²) in [7, 11) is 0. The summed E-state index contributed by atoms with van der Waals surface area (Å²) in [5.74, 6) is 5.79. The van der Waals surface area contributed by atoms with Crippen LogP contribution < -0.4 is 0 Å². The number of carbonyl (C=O) groups excluding carboxylic acids is 2. The molecule has 2 fully saturated rings. The van der Waals surface area contributed by atoms with E-state index in [2.05, 4.69) is 18.7 Å². The van der Waals surface area contributed by atoms with Gasteiger partial charge in [0.25, 0.3) is 0 Å². The molecule has 0 radical (unpaired) electrons. The summed E-state index contributed by atoms with van der Waals surface area (Å²) in [5, 5.41) is 9.37. The van der Waals surface area contributed by atoms with Gasteiger partial charge >= 0.3 is 11.9 Å². The van der Waals surface area contributed by atoms with Gasteiger partial charge in [0.15, 0.2) is 0 Å². The van der Waals surface area contributed by atoms with Gasteiger partial charge in [0.2, 0.25) is 0 Å². The summed E-state index contributed by atoms with van der Waals surface area (Å²) in [6, 6.07) is 0. The Balaban J connectivity index is 1.57. The van der Waals surface area contributed by atoms with Crippen LogP contribution >= 0.6 is 23.5 Å². The molecule has 0 aromatic heterocycles. The van der Waals surface area contributed by atoms with Crippen LogP contribution in [0.5, 0.6) is 0 Å². The number of hydrogen-bond acceptors (Lipinski definition) is 8. The summed E-state index contributed by atoms with van der Waals surface area (Å²) in [5.41, 5.74) is 0. The van der Waals surface area contributed by atoms with Gasteiger partial charge in [-0.3, -0.25) is 9.59 Å². The summed E-state index contributed by atoms with van der Waals surface area (Å²) >= 11 is 3.99. The van der Waals surface area contributed by atoms with Gasteiger partial charge in [-0.2, -0.15) is 23.5 Å². The van der Waals surface area contributed by atoms with Gasteiger partial charge in [-0.05, 0) is 120 Å². The van der Waals surface area contributed by atoms with Crippen molar-refractivity contribution in [2.45, 2.75) is 244 Å². The molecule has 0 amide bonds. The monoisotopic (exact) mass is 854 g/mol. The molecule has 0 aromatic carbocycles. The predicted octanol–water partition coefficient (Wildman–Crippen LogP) is 14.1. The standard InChI is InChI=1S/C50H95NO5S2/c1-3-5-7-19-31-47(55-49(53)35-33-45-27-15-13-16-28-45)43-57-41-25-11-9-21-37-51(39-23-24-40-52)38-22-10-12-26-42-58-44-48(32-20-8-6-4-2)56-50(54)36-34-46-29-17-14-18-30-46/h45-48,52H,3-44H2,1-2H3. The second kappa shape index (κ2) is 39.4. The number of carbonyl (C=O) groups is 2. The highest BCUT2D eigenvalue weighted by Gasteiger charge is 2.20. The molecule has 58 heavy (non-hydrogen) atoms. The van der Waals surface area contributed by atoms with E-state index in [0.29, 0.717) is 19.4 Å². The molecule has 342 valence electrons. The van der Waals surface area contributed by atoms with Crippen LogP contribution in [0.25, 0.3) is 0 Å². The van der Waals surface area contributed by atoms with Crippen molar-refractivity contribution in [2.75, 3.05) is 49.3 Å². The van der Waals surface area contributed by atoms with Crippen molar-refractivity contribution < 1.29 is 24.2 Å². The van der Waals surface area contributed by atoms with Gasteiger partial charge in [-0.1, -0.05) is 142 Å². The van der Waals surface area contributed by atoms with Crippen LogP contribution in [0.2, 0.25) is 0 Å². The van der Waals surface area contributed by atoms with Crippen molar-refractivity contribution in [3.63, 3.8) is 0 Å². The fraction of sp³-hybridized carbons (Fsp3) is 0.960. The molecule has 0 saturated heterocycles. The fourth-order valence-corrected chi connectivity index (χ4v) is 11.2. The molecule has 0 aliphatic heterocycles. The van der Waals surface area contributed by atoms with Crippen LogP contribution in [0.3, 0.4) is 0 Å². The Labute approximate surface area is 368 Å². The van der Waals surface area contributed by atoms with E-state index >= 15 is 0 Å². The first kappa shape index (κ1) is 53.7. The molecule has 6 nitrogen and oxygen atoms in total. The van der Waals surface area contributed by atoms with Crippen LogP contribution in [-0.2, 0) is 19.1 Å². The minimum atomic E-state index is 0.0432. The highest BCUT2D eigenvalue weighted by Crippen LogP contribution is 2.29. The molecular formula is C50H95NO5S2. The Kier molecular flexibility index (Phi) is 36.5. The Hall–Kier alpha value is -0.440. The average molecular weight is 854 g/mol. The smallest absolute Gasteiger partial charge is 0.306 e. The topological polar surface area (TPSA) is 76.1 Å². The van der Waals surface area contributed by atoms with Crippen LogP contribution in [0, 0.1) is 11.8 Å². The van der Waals surface area contributed by atoms with Crippen LogP contribution in [0.1, 0.15) is 232 Å². The van der Waals surface area contributed by atoms with Crippen LogP contribution in [0.4, 0.5) is 0 Å². The Bertz CT molecular complexity index is 860. The molecule has 0 aromatic rings. The van der Waals surface area contributed by atoms with Gasteiger partial charge in [-0.15, -0.1) is 0 Å². The first-order valence-corrected chi connectivity index (χ1v) is 27.7. The number of aliphatic hydroxyl groups is 1. The number of esters is 2. The molecule has 2 saturated carbocycles. The molecule has 0 bridgehead atoms. The summed E-state index contributed by atoms with van der Waals surface area (Å²) in [6.45, 7) is 8.24. The van der Waals surface area contributed by atoms with E-state index < -0.39 is 0 Å². The number of unbranched alkanes of at least 4 members (excludes halogenated alkanes) is 13. The first-order chi connectivity index (χ1) is 28.5. The lowest BCUT2D eigenvalue weighted by atomic mass is 9.86. The minimum absolute atomic E-state index is 0.0432. The number of rotatable bonds is 40. The molecule has 8 heteroatoms. The molecule has 1 N–H and O–H groups in total. The quantitative estimate of drug-likeness (QED) is 0.0482. The minimum Gasteiger partial charge on any atom is -0.461 e. The number of nitrogens with zero attached hydrogens (tertiary/aromatic N) is 1. The lowest BCUT2D eigenvalue weighted by Crippen LogP contribution is -2.27. The molecule has 2 aliphatic carbocycles. The SMILES string of the molecule is CCCCCCC(CSCCCCCCN(CCCCO)CCCCCCSCC(CCCCCC)OC(=O)CCC1CCCCC1)OC(=O)CCC1CCCCC1. The maximum absolute atomic E-state index is 12.7. The predicted molar refractivity (Wildman–Crippen MR) is 253 cm³/mol.